The lowest BCUT2D eigenvalue weighted by atomic mass is 10.2. The van der Waals surface area contributed by atoms with Crippen LogP contribution in [-0.2, 0) is 0 Å². The molecule has 0 aliphatic carbocycles. The normalized spacial score (nSPS) is 10.8. The molecule has 1 N–H and O–H groups in total. The average Bonchev–Trinajstić information content (AvgIpc) is 2.34. The van der Waals surface area contributed by atoms with E-state index in [1.54, 1.807) is 11.8 Å². The molecule has 0 radical (unpaired) electrons. The molecule has 1 heterocycles. The molecule has 0 fully saturated rings. The molecule has 0 aliphatic heterocycles. The first-order valence-corrected chi connectivity index (χ1v) is 4.55. The first kappa shape index (κ1) is 7.66. The van der Waals surface area contributed by atoms with Gasteiger partial charge in [0.1, 0.15) is 0 Å². The van der Waals surface area contributed by atoms with Gasteiger partial charge in [0, 0.05) is 11.9 Å². The number of aromatic nitrogens is 2. The van der Waals surface area contributed by atoms with Gasteiger partial charge in [0.25, 0.3) is 0 Å². The first-order chi connectivity index (χ1) is 4.74. The van der Waals surface area contributed by atoms with E-state index in [-0.39, 0.29) is 0 Å². The number of hydrogen-bond donors (Lipinski definition) is 1. The largest absolute Gasteiger partial charge is 0.337 e. The van der Waals surface area contributed by atoms with Crippen LogP contribution in [0, 0.1) is 0 Å². The standard InChI is InChI=1S/C7H12N2S/c1-5(2)6-4-8-7(9-6)10-3/h4-5H,1-3H3,(H,8,9). The third-order valence-corrected chi connectivity index (χ3v) is 1.98. The lowest BCUT2D eigenvalue weighted by Crippen LogP contribution is -1.85. The van der Waals surface area contributed by atoms with E-state index >= 15 is 0 Å². The Balaban J connectivity index is 2.78. The van der Waals surface area contributed by atoms with E-state index in [0.717, 1.165) is 5.16 Å². The zero-order valence-corrected chi connectivity index (χ0v) is 7.33. The van der Waals surface area contributed by atoms with Crippen LogP contribution in [0.15, 0.2) is 11.4 Å². The Kier molecular flexibility index (Phi) is 2.38. The highest BCUT2D eigenvalue weighted by Crippen LogP contribution is 2.15. The second-order valence-corrected chi connectivity index (χ2v) is 3.30. The summed E-state index contributed by atoms with van der Waals surface area (Å²) in [7, 11) is 0. The van der Waals surface area contributed by atoms with Crippen molar-refractivity contribution in [2.24, 2.45) is 0 Å². The molecule has 3 heteroatoms. The minimum Gasteiger partial charge on any atom is -0.337 e. The minimum absolute atomic E-state index is 0.549. The number of nitrogens with zero attached hydrogens (tertiary/aromatic N) is 1. The van der Waals surface area contributed by atoms with E-state index in [1.165, 1.54) is 5.69 Å². The van der Waals surface area contributed by atoms with Crippen LogP contribution < -0.4 is 0 Å². The molecule has 0 unspecified atom stereocenters. The quantitative estimate of drug-likeness (QED) is 0.665. The van der Waals surface area contributed by atoms with Crippen LogP contribution in [0.1, 0.15) is 25.5 Å². The Hall–Kier alpha value is -0.440. The van der Waals surface area contributed by atoms with Gasteiger partial charge in [-0.1, -0.05) is 25.6 Å². The maximum Gasteiger partial charge on any atom is 0.165 e. The summed E-state index contributed by atoms with van der Waals surface area (Å²) in [6.07, 6.45) is 3.92. The molecule has 0 atom stereocenters. The molecule has 0 bridgehead atoms. The third-order valence-electron chi connectivity index (χ3n) is 1.39. The van der Waals surface area contributed by atoms with Crippen LogP contribution in [-0.4, -0.2) is 16.2 Å². The molecule has 0 aliphatic rings. The molecule has 2 nitrogen and oxygen atoms in total. The molecule has 1 aromatic heterocycles. The highest BCUT2D eigenvalue weighted by molar-refractivity contribution is 7.98. The Labute approximate surface area is 65.4 Å². The van der Waals surface area contributed by atoms with Crippen LogP contribution in [0.2, 0.25) is 0 Å². The van der Waals surface area contributed by atoms with Gasteiger partial charge in [0.2, 0.25) is 0 Å². The molecule has 0 aromatic carbocycles. The second kappa shape index (κ2) is 3.10. The molecular weight excluding hydrogens is 144 g/mol. The summed E-state index contributed by atoms with van der Waals surface area (Å²) in [4.78, 5) is 7.38. The van der Waals surface area contributed by atoms with E-state index in [0.29, 0.717) is 5.92 Å². The van der Waals surface area contributed by atoms with Crippen LogP contribution in [0.25, 0.3) is 0 Å². The monoisotopic (exact) mass is 156 g/mol. The predicted molar refractivity (Wildman–Crippen MR) is 44.5 cm³/mol. The van der Waals surface area contributed by atoms with Crippen LogP contribution in [0.4, 0.5) is 0 Å². The number of nitrogens with one attached hydrogen (secondary N) is 1. The smallest absolute Gasteiger partial charge is 0.165 e. The van der Waals surface area contributed by atoms with Gasteiger partial charge in [-0.2, -0.15) is 0 Å². The Morgan fingerprint density at radius 2 is 2.30 bits per heavy atom. The zero-order chi connectivity index (χ0) is 7.56. The van der Waals surface area contributed by atoms with Gasteiger partial charge in [0.05, 0.1) is 0 Å². The Morgan fingerprint density at radius 1 is 1.60 bits per heavy atom. The number of thioether (sulfide) groups is 1. The molecule has 0 saturated carbocycles. The molecule has 0 amide bonds. The van der Waals surface area contributed by atoms with E-state index in [9.17, 15) is 0 Å². The lowest BCUT2D eigenvalue weighted by Gasteiger charge is -1.97. The summed E-state index contributed by atoms with van der Waals surface area (Å²) >= 11 is 1.64. The van der Waals surface area contributed by atoms with Gasteiger partial charge < -0.3 is 4.98 Å². The molecule has 1 aromatic rings. The fraction of sp³-hybridized carbons (Fsp3) is 0.571. The van der Waals surface area contributed by atoms with Crippen molar-refractivity contribution in [2.45, 2.75) is 24.9 Å². The summed E-state index contributed by atoms with van der Waals surface area (Å²) in [6.45, 7) is 4.30. The van der Waals surface area contributed by atoms with E-state index in [4.69, 9.17) is 0 Å². The van der Waals surface area contributed by atoms with Crippen molar-refractivity contribution in [3.8, 4) is 0 Å². The van der Waals surface area contributed by atoms with Gasteiger partial charge in [0.15, 0.2) is 5.16 Å². The summed E-state index contributed by atoms with van der Waals surface area (Å²) in [5.74, 6) is 0.549. The molecule has 1 rings (SSSR count). The van der Waals surface area contributed by atoms with Gasteiger partial charge in [-0.3, -0.25) is 0 Å². The molecule has 0 spiro atoms. The molecule has 56 valence electrons. The summed E-state index contributed by atoms with van der Waals surface area (Å²) in [5, 5.41) is 1.00. The number of rotatable bonds is 2. The summed E-state index contributed by atoms with van der Waals surface area (Å²) < 4.78 is 0. The van der Waals surface area contributed by atoms with Crippen LogP contribution in [0.5, 0.6) is 0 Å². The van der Waals surface area contributed by atoms with Crippen molar-refractivity contribution in [2.75, 3.05) is 6.26 Å². The summed E-state index contributed by atoms with van der Waals surface area (Å²) in [6, 6.07) is 0. The minimum atomic E-state index is 0.549. The predicted octanol–water partition coefficient (Wildman–Crippen LogP) is 2.25. The van der Waals surface area contributed by atoms with Crippen molar-refractivity contribution in [1.82, 2.24) is 9.97 Å². The van der Waals surface area contributed by atoms with E-state index < -0.39 is 0 Å². The Bertz CT molecular complexity index is 205. The number of imidazole rings is 1. The molecular formula is C7H12N2S. The van der Waals surface area contributed by atoms with Crippen molar-refractivity contribution < 1.29 is 0 Å². The first-order valence-electron chi connectivity index (χ1n) is 3.33. The Morgan fingerprint density at radius 3 is 2.60 bits per heavy atom. The van der Waals surface area contributed by atoms with Gasteiger partial charge in [-0.15, -0.1) is 0 Å². The van der Waals surface area contributed by atoms with Gasteiger partial charge >= 0.3 is 0 Å². The SMILES string of the molecule is CSc1ncc(C(C)C)[nH]1. The van der Waals surface area contributed by atoms with Crippen molar-refractivity contribution in [3.63, 3.8) is 0 Å². The molecule has 10 heavy (non-hydrogen) atoms. The maximum absolute atomic E-state index is 4.16. The van der Waals surface area contributed by atoms with Gasteiger partial charge in [-0.05, 0) is 12.2 Å². The third kappa shape index (κ3) is 1.53. The number of aromatic amines is 1. The topological polar surface area (TPSA) is 28.7 Å². The zero-order valence-electron chi connectivity index (χ0n) is 6.51. The van der Waals surface area contributed by atoms with Crippen LogP contribution in [0.3, 0.4) is 0 Å². The average molecular weight is 156 g/mol. The fourth-order valence-electron chi connectivity index (χ4n) is 0.713. The number of H-pyrrole nitrogens is 1. The van der Waals surface area contributed by atoms with Crippen molar-refractivity contribution in [3.05, 3.63) is 11.9 Å². The lowest BCUT2D eigenvalue weighted by molar-refractivity contribution is 0.821. The maximum atomic E-state index is 4.16. The summed E-state index contributed by atoms with van der Waals surface area (Å²) in [5.41, 5.74) is 1.21. The number of hydrogen-bond acceptors (Lipinski definition) is 2. The highest BCUT2D eigenvalue weighted by atomic mass is 32.2. The van der Waals surface area contributed by atoms with E-state index in [1.807, 2.05) is 12.5 Å². The van der Waals surface area contributed by atoms with Crippen molar-refractivity contribution >= 4 is 11.8 Å². The van der Waals surface area contributed by atoms with Crippen molar-refractivity contribution in [1.29, 1.82) is 0 Å². The van der Waals surface area contributed by atoms with Crippen LogP contribution >= 0.6 is 11.8 Å². The van der Waals surface area contributed by atoms with Gasteiger partial charge in [-0.25, -0.2) is 4.98 Å². The molecule has 0 saturated heterocycles. The highest BCUT2D eigenvalue weighted by Gasteiger charge is 2.01. The second-order valence-electron chi connectivity index (χ2n) is 2.50. The van der Waals surface area contributed by atoms with E-state index in [2.05, 4.69) is 23.8 Å². The fourth-order valence-corrected chi connectivity index (χ4v) is 1.09.